The first-order valence-electron chi connectivity index (χ1n) is 6.45. The van der Waals surface area contributed by atoms with Gasteiger partial charge in [-0.05, 0) is 31.0 Å². The van der Waals surface area contributed by atoms with Crippen LogP contribution < -0.4 is 4.72 Å². The van der Waals surface area contributed by atoms with Crippen molar-refractivity contribution in [3.8, 4) is 0 Å². The highest BCUT2D eigenvalue weighted by atomic mass is 35.5. The molecule has 0 aliphatic heterocycles. The Bertz CT molecular complexity index is 656. The molecule has 21 heavy (non-hydrogen) atoms. The third-order valence-electron chi connectivity index (χ3n) is 3.80. The number of aliphatic carboxylic acids is 1. The van der Waals surface area contributed by atoms with Gasteiger partial charge in [0.15, 0.2) is 0 Å². The highest BCUT2D eigenvalue weighted by molar-refractivity contribution is 7.89. The number of carbonyl (C=O) groups is 1. The molecule has 0 amide bonds. The number of carboxylic acids is 1. The Kier molecular flexibility index (Phi) is 4.55. The quantitative estimate of drug-likeness (QED) is 0.865. The lowest BCUT2D eigenvalue weighted by atomic mass is 9.87. The van der Waals surface area contributed by atoms with Crippen LogP contribution in [-0.4, -0.2) is 26.0 Å². The lowest BCUT2D eigenvalue weighted by Crippen LogP contribution is -2.41. The summed E-state index contributed by atoms with van der Waals surface area (Å²) in [5.74, 6) is -1.75. The van der Waals surface area contributed by atoms with Gasteiger partial charge in [-0.1, -0.05) is 24.4 Å². The monoisotopic (exact) mass is 335 g/mol. The molecule has 1 aromatic carbocycles. The number of hydrogen-bond donors (Lipinski definition) is 2. The van der Waals surface area contributed by atoms with Gasteiger partial charge in [-0.15, -0.1) is 0 Å². The van der Waals surface area contributed by atoms with E-state index in [-0.39, 0.29) is 16.5 Å². The van der Waals surface area contributed by atoms with Crippen LogP contribution in [0.1, 0.15) is 25.7 Å². The summed E-state index contributed by atoms with van der Waals surface area (Å²) in [6.07, 6.45) is 2.33. The predicted octanol–water partition coefficient (Wildman–Crippen LogP) is 2.40. The smallest absolute Gasteiger partial charge is 0.310 e. The molecule has 0 atom stereocenters. The van der Waals surface area contributed by atoms with E-state index in [0.29, 0.717) is 12.8 Å². The Morgan fingerprint density at radius 3 is 2.57 bits per heavy atom. The summed E-state index contributed by atoms with van der Waals surface area (Å²) in [7, 11) is -4.06. The van der Waals surface area contributed by atoms with E-state index >= 15 is 0 Å². The van der Waals surface area contributed by atoms with Crippen molar-refractivity contribution in [2.75, 3.05) is 6.54 Å². The van der Waals surface area contributed by atoms with Gasteiger partial charge < -0.3 is 5.11 Å². The van der Waals surface area contributed by atoms with E-state index in [1.165, 1.54) is 0 Å². The molecule has 116 valence electrons. The number of rotatable bonds is 5. The first-order valence-corrected chi connectivity index (χ1v) is 8.31. The Balaban J connectivity index is 2.22. The van der Waals surface area contributed by atoms with Crippen molar-refractivity contribution in [1.82, 2.24) is 4.72 Å². The summed E-state index contributed by atoms with van der Waals surface area (Å²) in [5.41, 5.74) is -1.09. The van der Waals surface area contributed by atoms with Crippen molar-refractivity contribution >= 4 is 27.6 Å². The maximum Gasteiger partial charge on any atom is 0.310 e. The normalized spacial score (nSPS) is 17.8. The second-order valence-electron chi connectivity index (χ2n) is 5.19. The summed E-state index contributed by atoms with van der Waals surface area (Å²) >= 11 is 5.77. The Morgan fingerprint density at radius 1 is 1.38 bits per heavy atom. The third-order valence-corrected chi connectivity index (χ3v) is 5.68. The number of halogens is 2. The van der Waals surface area contributed by atoms with E-state index in [2.05, 4.69) is 4.72 Å². The maximum atomic E-state index is 13.2. The molecular formula is C13H15ClFNO4S. The molecule has 0 unspecified atom stereocenters. The van der Waals surface area contributed by atoms with E-state index < -0.39 is 27.2 Å². The predicted molar refractivity (Wildman–Crippen MR) is 75.1 cm³/mol. The minimum Gasteiger partial charge on any atom is -0.481 e. The Morgan fingerprint density at radius 2 is 2.00 bits per heavy atom. The fourth-order valence-corrected chi connectivity index (χ4v) is 4.15. The standard InChI is InChI=1S/C13H15ClFNO4S/c14-10-4-3-9(15)7-11(10)21(19,20)16-8-13(12(17)18)5-1-2-6-13/h3-4,7,16H,1-2,5-6,8H2,(H,17,18). The van der Waals surface area contributed by atoms with Crippen molar-refractivity contribution in [2.24, 2.45) is 5.41 Å². The number of nitrogens with one attached hydrogen (secondary N) is 1. The summed E-state index contributed by atoms with van der Waals surface area (Å²) < 4.78 is 39.8. The molecule has 1 saturated carbocycles. The highest BCUT2D eigenvalue weighted by Gasteiger charge is 2.42. The van der Waals surface area contributed by atoms with E-state index in [4.69, 9.17) is 11.6 Å². The lowest BCUT2D eigenvalue weighted by molar-refractivity contribution is -0.148. The van der Waals surface area contributed by atoms with Crippen molar-refractivity contribution in [2.45, 2.75) is 30.6 Å². The molecule has 1 aliphatic carbocycles. The van der Waals surface area contributed by atoms with Crippen molar-refractivity contribution in [3.63, 3.8) is 0 Å². The fourth-order valence-electron chi connectivity index (χ4n) is 2.51. The van der Waals surface area contributed by atoms with Gasteiger partial charge in [0.25, 0.3) is 0 Å². The molecule has 8 heteroatoms. The van der Waals surface area contributed by atoms with Crippen molar-refractivity contribution < 1.29 is 22.7 Å². The van der Waals surface area contributed by atoms with Crippen LogP contribution in [0, 0.1) is 11.2 Å². The molecule has 1 aromatic rings. The van der Waals surface area contributed by atoms with E-state index in [0.717, 1.165) is 31.0 Å². The zero-order valence-corrected chi connectivity index (χ0v) is 12.7. The average molecular weight is 336 g/mol. The van der Waals surface area contributed by atoms with Crippen molar-refractivity contribution in [3.05, 3.63) is 29.0 Å². The molecule has 1 fully saturated rings. The van der Waals surface area contributed by atoms with Crippen molar-refractivity contribution in [1.29, 1.82) is 0 Å². The minimum absolute atomic E-state index is 0.111. The fraction of sp³-hybridized carbons (Fsp3) is 0.462. The van der Waals surface area contributed by atoms with Crippen LogP contribution in [0.3, 0.4) is 0 Å². The summed E-state index contributed by atoms with van der Waals surface area (Å²) in [6.45, 7) is -0.225. The number of sulfonamides is 1. The molecular weight excluding hydrogens is 321 g/mol. The van der Waals surface area contributed by atoms with Gasteiger partial charge in [-0.25, -0.2) is 17.5 Å². The maximum absolute atomic E-state index is 13.2. The van der Waals surface area contributed by atoms with E-state index in [1.807, 2.05) is 0 Å². The highest BCUT2D eigenvalue weighted by Crippen LogP contribution is 2.38. The van der Waals surface area contributed by atoms with Gasteiger partial charge >= 0.3 is 5.97 Å². The molecule has 2 N–H and O–H groups in total. The first kappa shape index (κ1) is 16.2. The zero-order chi connectivity index (χ0) is 15.7. The van der Waals surface area contributed by atoms with Gasteiger partial charge in [0.05, 0.1) is 10.4 Å². The SMILES string of the molecule is O=C(O)C1(CNS(=O)(=O)c2cc(F)ccc2Cl)CCCC1. The first-order chi connectivity index (χ1) is 9.77. The van der Waals surface area contributed by atoms with Gasteiger partial charge in [-0.3, -0.25) is 4.79 Å². The summed E-state index contributed by atoms with van der Waals surface area (Å²) in [4.78, 5) is 11.0. The number of benzene rings is 1. The number of carboxylic acid groups (broad SMARTS) is 1. The van der Waals surface area contributed by atoms with Crippen LogP contribution in [0.5, 0.6) is 0 Å². The molecule has 5 nitrogen and oxygen atoms in total. The van der Waals surface area contributed by atoms with E-state index in [9.17, 15) is 22.7 Å². The molecule has 0 spiro atoms. The van der Waals surface area contributed by atoms with Crippen LogP contribution in [0.4, 0.5) is 4.39 Å². The van der Waals surface area contributed by atoms with Gasteiger partial charge in [-0.2, -0.15) is 0 Å². The summed E-state index contributed by atoms with van der Waals surface area (Å²) in [5, 5.41) is 9.20. The molecule has 0 aromatic heterocycles. The number of hydrogen-bond acceptors (Lipinski definition) is 3. The lowest BCUT2D eigenvalue weighted by Gasteiger charge is -2.24. The van der Waals surface area contributed by atoms with Gasteiger partial charge in [0.1, 0.15) is 10.7 Å². The zero-order valence-electron chi connectivity index (χ0n) is 11.1. The van der Waals surface area contributed by atoms with Crippen LogP contribution in [0.15, 0.2) is 23.1 Å². The van der Waals surface area contributed by atoms with Gasteiger partial charge in [0, 0.05) is 6.54 Å². The third kappa shape index (κ3) is 3.36. The second-order valence-corrected chi connectivity index (χ2v) is 7.33. The molecule has 0 radical (unpaired) electrons. The Labute approximate surface area is 127 Å². The van der Waals surface area contributed by atoms with Crippen LogP contribution in [0.2, 0.25) is 5.02 Å². The molecule has 0 saturated heterocycles. The molecule has 1 aliphatic rings. The molecule has 2 rings (SSSR count). The topological polar surface area (TPSA) is 83.5 Å². The minimum atomic E-state index is -4.06. The summed E-state index contributed by atoms with van der Waals surface area (Å²) in [6, 6.07) is 3.01. The van der Waals surface area contributed by atoms with Gasteiger partial charge in [0.2, 0.25) is 10.0 Å². The second kappa shape index (κ2) is 5.90. The van der Waals surface area contributed by atoms with Crippen LogP contribution in [0.25, 0.3) is 0 Å². The largest absolute Gasteiger partial charge is 0.481 e. The van der Waals surface area contributed by atoms with Crippen LogP contribution >= 0.6 is 11.6 Å². The molecule has 0 bridgehead atoms. The Hall–Kier alpha value is -1.18. The molecule has 0 heterocycles. The van der Waals surface area contributed by atoms with E-state index in [1.54, 1.807) is 0 Å². The average Bonchev–Trinajstić information content (AvgIpc) is 2.89. The van der Waals surface area contributed by atoms with Crippen LogP contribution in [-0.2, 0) is 14.8 Å².